The summed E-state index contributed by atoms with van der Waals surface area (Å²) in [5, 5.41) is 8.82. The summed E-state index contributed by atoms with van der Waals surface area (Å²) in [4.78, 5) is 0. The Kier molecular flexibility index (Phi) is 8.46. The lowest BCUT2D eigenvalue weighted by atomic mass is 10.1. The molecule has 0 saturated heterocycles. The highest BCUT2D eigenvalue weighted by molar-refractivity contribution is 4.58. The van der Waals surface area contributed by atoms with Gasteiger partial charge in [0.15, 0.2) is 0 Å². The number of aliphatic hydroxyl groups excluding tert-OH is 1. The fourth-order valence-electron chi connectivity index (χ4n) is 1.22. The molecule has 0 fully saturated rings. The van der Waals surface area contributed by atoms with Crippen LogP contribution < -0.4 is 0 Å². The van der Waals surface area contributed by atoms with Crippen LogP contribution in [0.2, 0.25) is 0 Å². The van der Waals surface area contributed by atoms with Crippen molar-refractivity contribution in [1.82, 2.24) is 0 Å². The van der Waals surface area contributed by atoms with Gasteiger partial charge in [-0.3, -0.25) is 0 Å². The third-order valence-corrected chi connectivity index (χ3v) is 2.00. The van der Waals surface area contributed by atoms with E-state index in [4.69, 9.17) is 9.84 Å². The summed E-state index contributed by atoms with van der Waals surface area (Å²) >= 11 is 0. The molecular weight excluding hydrogens is 164 g/mol. The molecule has 0 rings (SSSR count). The van der Waals surface area contributed by atoms with Crippen molar-refractivity contribution in [3.63, 3.8) is 0 Å². The van der Waals surface area contributed by atoms with E-state index in [0.717, 1.165) is 19.4 Å². The lowest BCUT2D eigenvalue weighted by Gasteiger charge is -2.17. The minimum absolute atomic E-state index is 0.243. The van der Waals surface area contributed by atoms with Crippen molar-refractivity contribution in [2.24, 2.45) is 5.92 Å². The first-order chi connectivity index (χ1) is 6.20. The minimum Gasteiger partial charge on any atom is -0.396 e. The lowest BCUT2D eigenvalue weighted by molar-refractivity contribution is 0.0146. The SMILES string of the molecule is CCCC[C@@H](CCO)OCC(C)C. The molecule has 0 bridgehead atoms. The molecule has 0 aromatic heterocycles. The molecule has 0 aromatic carbocycles. The number of rotatable bonds is 8. The maximum absolute atomic E-state index is 8.82. The average Bonchev–Trinajstić information content (AvgIpc) is 2.09. The van der Waals surface area contributed by atoms with E-state index in [-0.39, 0.29) is 12.7 Å². The highest BCUT2D eigenvalue weighted by atomic mass is 16.5. The first kappa shape index (κ1) is 12.9. The van der Waals surface area contributed by atoms with E-state index in [1.54, 1.807) is 0 Å². The van der Waals surface area contributed by atoms with Crippen molar-refractivity contribution in [3.05, 3.63) is 0 Å². The van der Waals surface area contributed by atoms with Gasteiger partial charge in [0.1, 0.15) is 0 Å². The molecule has 13 heavy (non-hydrogen) atoms. The van der Waals surface area contributed by atoms with Crippen LogP contribution in [-0.2, 0) is 4.74 Å². The fraction of sp³-hybridized carbons (Fsp3) is 1.00. The van der Waals surface area contributed by atoms with Crippen molar-refractivity contribution < 1.29 is 9.84 Å². The van der Waals surface area contributed by atoms with Gasteiger partial charge in [0.25, 0.3) is 0 Å². The normalized spacial score (nSPS) is 13.6. The molecule has 0 aliphatic heterocycles. The monoisotopic (exact) mass is 188 g/mol. The first-order valence-electron chi connectivity index (χ1n) is 5.43. The fourth-order valence-corrected chi connectivity index (χ4v) is 1.22. The van der Waals surface area contributed by atoms with Crippen LogP contribution in [0.5, 0.6) is 0 Å². The van der Waals surface area contributed by atoms with E-state index in [9.17, 15) is 0 Å². The Morgan fingerprint density at radius 1 is 1.23 bits per heavy atom. The van der Waals surface area contributed by atoms with Gasteiger partial charge < -0.3 is 9.84 Å². The number of hydrogen-bond donors (Lipinski definition) is 1. The Hall–Kier alpha value is -0.0800. The van der Waals surface area contributed by atoms with Crippen LogP contribution in [0.3, 0.4) is 0 Å². The summed E-state index contributed by atoms with van der Waals surface area (Å²) in [7, 11) is 0. The molecule has 0 aromatic rings. The molecule has 0 heterocycles. The van der Waals surface area contributed by atoms with Gasteiger partial charge in [-0.15, -0.1) is 0 Å². The third kappa shape index (κ3) is 8.26. The molecule has 0 spiro atoms. The maximum atomic E-state index is 8.82. The average molecular weight is 188 g/mol. The molecule has 2 nitrogen and oxygen atoms in total. The zero-order valence-electron chi connectivity index (χ0n) is 9.25. The molecular formula is C11H24O2. The zero-order valence-corrected chi connectivity index (χ0v) is 9.25. The van der Waals surface area contributed by atoms with Crippen molar-refractivity contribution in [3.8, 4) is 0 Å². The standard InChI is InChI=1S/C11H24O2/c1-4-5-6-11(7-8-12)13-9-10(2)3/h10-12H,4-9H2,1-3H3/t11-/m0/s1. The van der Waals surface area contributed by atoms with Gasteiger partial charge in [0, 0.05) is 13.2 Å². The van der Waals surface area contributed by atoms with E-state index >= 15 is 0 Å². The van der Waals surface area contributed by atoms with Crippen LogP contribution >= 0.6 is 0 Å². The summed E-state index contributed by atoms with van der Waals surface area (Å²) in [6, 6.07) is 0. The van der Waals surface area contributed by atoms with Gasteiger partial charge in [-0.1, -0.05) is 33.6 Å². The summed E-state index contributed by atoms with van der Waals surface area (Å²) in [6.07, 6.45) is 4.54. The molecule has 0 radical (unpaired) electrons. The van der Waals surface area contributed by atoms with E-state index < -0.39 is 0 Å². The van der Waals surface area contributed by atoms with Crippen molar-refractivity contribution >= 4 is 0 Å². The van der Waals surface area contributed by atoms with Gasteiger partial charge in [-0.2, -0.15) is 0 Å². The van der Waals surface area contributed by atoms with Gasteiger partial charge in [-0.25, -0.2) is 0 Å². The summed E-state index contributed by atoms with van der Waals surface area (Å²) in [6.45, 7) is 7.53. The van der Waals surface area contributed by atoms with E-state index in [1.807, 2.05) is 0 Å². The smallest absolute Gasteiger partial charge is 0.0597 e. The molecule has 0 unspecified atom stereocenters. The summed E-state index contributed by atoms with van der Waals surface area (Å²) in [5.41, 5.74) is 0. The van der Waals surface area contributed by atoms with Crippen LogP contribution in [-0.4, -0.2) is 24.4 Å². The third-order valence-electron chi connectivity index (χ3n) is 2.00. The van der Waals surface area contributed by atoms with Gasteiger partial charge in [-0.05, 0) is 18.8 Å². The number of hydrogen-bond acceptors (Lipinski definition) is 2. The van der Waals surface area contributed by atoms with Crippen molar-refractivity contribution in [1.29, 1.82) is 0 Å². The van der Waals surface area contributed by atoms with Gasteiger partial charge in [0.05, 0.1) is 6.10 Å². The van der Waals surface area contributed by atoms with Crippen LogP contribution in [0, 0.1) is 5.92 Å². The molecule has 1 N–H and O–H groups in total. The lowest BCUT2D eigenvalue weighted by Crippen LogP contribution is -2.17. The Labute approximate surface area is 82.3 Å². The predicted molar refractivity (Wildman–Crippen MR) is 55.8 cm³/mol. The van der Waals surface area contributed by atoms with Gasteiger partial charge in [0.2, 0.25) is 0 Å². The highest BCUT2D eigenvalue weighted by Gasteiger charge is 2.08. The number of unbranched alkanes of at least 4 members (excludes halogenated alkanes) is 1. The molecule has 1 atom stereocenters. The van der Waals surface area contributed by atoms with Crippen molar-refractivity contribution in [2.45, 2.75) is 52.6 Å². The first-order valence-corrected chi connectivity index (χ1v) is 5.43. The second-order valence-corrected chi connectivity index (χ2v) is 4.00. The number of aliphatic hydroxyl groups is 1. The van der Waals surface area contributed by atoms with Crippen LogP contribution in [0.1, 0.15) is 46.5 Å². The quantitative estimate of drug-likeness (QED) is 0.634. The van der Waals surface area contributed by atoms with Gasteiger partial charge >= 0.3 is 0 Å². The molecule has 80 valence electrons. The molecule has 0 amide bonds. The van der Waals surface area contributed by atoms with E-state index in [1.165, 1.54) is 12.8 Å². The molecule has 2 heteroatoms. The maximum Gasteiger partial charge on any atom is 0.0597 e. The molecule has 0 saturated carbocycles. The minimum atomic E-state index is 0.243. The number of ether oxygens (including phenoxy) is 1. The summed E-state index contributed by atoms with van der Waals surface area (Å²) in [5.74, 6) is 0.586. The Morgan fingerprint density at radius 2 is 1.92 bits per heavy atom. The second kappa shape index (κ2) is 8.52. The summed E-state index contributed by atoms with van der Waals surface area (Å²) < 4.78 is 5.69. The second-order valence-electron chi connectivity index (χ2n) is 4.00. The van der Waals surface area contributed by atoms with Crippen LogP contribution in [0.25, 0.3) is 0 Å². The van der Waals surface area contributed by atoms with Crippen LogP contribution in [0.15, 0.2) is 0 Å². The zero-order chi connectivity index (χ0) is 10.1. The molecule has 0 aliphatic carbocycles. The Morgan fingerprint density at radius 3 is 2.38 bits per heavy atom. The topological polar surface area (TPSA) is 29.5 Å². The molecule has 0 aliphatic rings. The Balaban J connectivity index is 3.53. The Bertz CT molecular complexity index is 102. The van der Waals surface area contributed by atoms with E-state index in [0.29, 0.717) is 5.92 Å². The van der Waals surface area contributed by atoms with E-state index in [2.05, 4.69) is 20.8 Å². The predicted octanol–water partition coefficient (Wildman–Crippen LogP) is 2.60. The largest absolute Gasteiger partial charge is 0.396 e. The highest BCUT2D eigenvalue weighted by Crippen LogP contribution is 2.10. The van der Waals surface area contributed by atoms with Crippen molar-refractivity contribution in [2.75, 3.05) is 13.2 Å². The van der Waals surface area contributed by atoms with Crippen LogP contribution in [0.4, 0.5) is 0 Å².